The molecule has 7 atom stereocenters. The second kappa shape index (κ2) is 11.8. The van der Waals surface area contributed by atoms with Crippen LogP contribution >= 0.6 is 0 Å². The van der Waals surface area contributed by atoms with Crippen molar-refractivity contribution in [1.29, 1.82) is 0 Å². The molecular formula is C27H50O3Si2. The van der Waals surface area contributed by atoms with Crippen molar-refractivity contribution in [2.75, 3.05) is 0 Å². The maximum Gasteiger partial charge on any atom is 0.192 e. The van der Waals surface area contributed by atoms with E-state index in [1.807, 2.05) is 6.08 Å². The van der Waals surface area contributed by atoms with Crippen molar-refractivity contribution in [2.45, 2.75) is 110 Å². The molecule has 5 heteroatoms. The summed E-state index contributed by atoms with van der Waals surface area (Å²) >= 11 is 0. The molecule has 184 valence electrons. The number of rotatable bonds is 13. The third kappa shape index (κ3) is 5.11. The summed E-state index contributed by atoms with van der Waals surface area (Å²) in [4.78, 5) is 12.6. The molecule has 2 aliphatic rings. The zero-order chi connectivity index (χ0) is 24.1. The topological polar surface area (TPSA) is 35.5 Å². The van der Waals surface area contributed by atoms with Gasteiger partial charge in [0.15, 0.2) is 16.6 Å². The van der Waals surface area contributed by atoms with Crippen molar-refractivity contribution < 1.29 is 13.6 Å². The third-order valence-corrected chi connectivity index (χ3v) is 18.7. The number of hydrogen-bond acceptors (Lipinski definition) is 3. The van der Waals surface area contributed by atoms with Crippen molar-refractivity contribution in [1.82, 2.24) is 0 Å². The van der Waals surface area contributed by atoms with Gasteiger partial charge in [0.05, 0.1) is 12.2 Å². The minimum Gasteiger partial charge on any atom is -0.413 e. The molecule has 0 unspecified atom stereocenters. The van der Waals surface area contributed by atoms with Gasteiger partial charge in [-0.05, 0) is 55.5 Å². The fourth-order valence-electron chi connectivity index (χ4n) is 6.66. The van der Waals surface area contributed by atoms with E-state index >= 15 is 0 Å². The maximum absolute atomic E-state index is 12.6. The lowest BCUT2D eigenvalue weighted by atomic mass is 9.67. The Morgan fingerprint density at radius 1 is 0.906 bits per heavy atom. The summed E-state index contributed by atoms with van der Waals surface area (Å²) in [6.07, 6.45) is 6.82. The van der Waals surface area contributed by atoms with E-state index in [-0.39, 0.29) is 35.9 Å². The Morgan fingerprint density at radius 2 is 1.38 bits per heavy atom. The standard InChI is InChI=1S/C27H50O3Si2/c1-10-17-22-20(8)18-23-25(24(22)19-28)27(30-32(14-5,15-6)16-7)21(9)26(23)29-31(11-2,12-3)13-4/h10,18-19,21-27H,1,11-17H2,2-9H3/t21-,22-,23+,24-,25-,26-,27+/m1/s1. The molecule has 0 amide bonds. The molecule has 0 radical (unpaired) electrons. The lowest BCUT2D eigenvalue weighted by Gasteiger charge is -2.42. The van der Waals surface area contributed by atoms with E-state index in [1.165, 1.54) is 11.9 Å². The molecule has 3 nitrogen and oxygen atoms in total. The highest BCUT2D eigenvalue weighted by molar-refractivity contribution is 6.74. The van der Waals surface area contributed by atoms with Crippen molar-refractivity contribution in [2.24, 2.45) is 29.6 Å². The summed E-state index contributed by atoms with van der Waals surface area (Å²) < 4.78 is 14.4. The Hall–Kier alpha value is -0.496. The average Bonchev–Trinajstić information content (AvgIpc) is 3.06. The van der Waals surface area contributed by atoms with Crippen LogP contribution < -0.4 is 0 Å². The molecule has 0 bridgehead atoms. The monoisotopic (exact) mass is 478 g/mol. The SMILES string of the molecule is C=CC[C@@H]1C(C)=C[C@@H]2[C@H](O[Si](CC)(CC)CC)[C@@H](C)[C@H](O[Si](CC)(CC)CC)[C@H]2[C@@H]1C=O. The van der Waals surface area contributed by atoms with Gasteiger partial charge in [0.2, 0.25) is 0 Å². The molecule has 2 rings (SSSR count). The zero-order valence-corrected chi connectivity index (χ0v) is 24.2. The number of carbonyl (C=O) groups is 1. The van der Waals surface area contributed by atoms with Crippen LogP contribution in [0.5, 0.6) is 0 Å². The van der Waals surface area contributed by atoms with Crippen molar-refractivity contribution in [3.63, 3.8) is 0 Å². The lowest BCUT2D eigenvalue weighted by Crippen LogP contribution is -2.46. The molecule has 1 saturated carbocycles. The van der Waals surface area contributed by atoms with E-state index < -0.39 is 16.6 Å². The van der Waals surface area contributed by atoms with E-state index in [9.17, 15) is 4.79 Å². The van der Waals surface area contributed by atoms with Gasteiger partial charge >= 0.3 is 0 Å². The molecule has 2 aliphatic carbocycles. The van der Waals surface area contributed by atoms with Crippen LogP contribution in [0.2, 0.25) is 36.3 Å². The Balaban J connectivity index is 2.57. The van der Waals surface area contributed by atoms with Gasteiger partial charge in [-0.3, -0.25) is 0 Å². The van der Waals surface area contributed by atoms with Crippen molar-refractivity contribution in [3.8, 4) is 0 Å². The highest BCUT2D eigenvalue weighted by Gasteiger charge is 2.57. The summed E-state index contributed by atoms with van der Waals surface area (Å²) in [5.74, 6) is 1.04. The Bertz CT molecular complexity index is 637. The Labute approximate surface area is 200 Å². The van der Waals surface area contributed by atoms with Crippen LogP contribution in [-0.2, 0) is 13.6 Å². The van der Waals surface area contributed by atoms with Crippen LogP contribution in [-0.4, -0.2) is 35.1 Å². The Kier molecular flexibility index (Phi) is 10.2. The van der Waals surface area contributed by atoms with E-state index in [1.54, 1.807) is 0 Å². The minimum absolute atomic E-state index is 0.0118. The van der Waals surface area contributed by atoms with Gasteiger partial charge in [-0.25, -0.2) is 0 Å². The summed E-state index contributed by atoms with van der Waals surface area (Å²) in [6, 6.07) is 6.88. The van der Waals surface area contributed by atoms with Gasteiger partial charge in [-0.15, -0.1) is 6.58 Å². The zero-order valence-electron chi connectivity index (χ0n) is 22.2. The van der Waals surface area contributed by atoms with E-state index in [0.29, 0.717) is 5.92 Å². The lowest BCUT2D eigenvalue weighted by molar-refractivity contribution is -0.116. The predicted octanol–water partition coefficient (Wildman–Crippen LogP) is 7.62. The van der Waals surface area contributed by atoms with Gasteiger partial charge in [0.1, 0.15) is 6.29 Å². The predicted molar refractivity (Wildman–Crippen MR) is 142 cm³/mol. The molecule has 0 N–H and O–H groups in total. The number of fused-ring (bicyclic) bond motifs is 1. The summed E-state index contributed by atoms with van der Waals surface area (Å²) in [7, 11) is -3.59. The molecule has 0 spiro atoms. The molecule has 0 aromatic heterocycles. The second-order valence-corrected chi connectivity index (χ2v) is 19.9. The van der Waals surface area contributed by atoms with Gasteiger partial charge in [-0.2, -0.15) is 0 Å². The molecule has 0 aliphatic heterocycles. The van der Waals surface area contributed by atoms with Crippen LogP contribution in [0.1, 0.15) is 61.8 Å². The molecule has 32 heavy (non-hydrogen) atoms. The number of allylic oxidation sites excluding steroid dienone is 2. The smallest absolute Gasteiger partial charge is 0.192 e. The largest absolute Gasteiger partial charge is 0.413 e. The fraction of sp³-hybridized carbons (Fsp3) is 0.815. The van der Waals surface area contributed by atoms with Crippen LogP contribution in [0, 0.1) is 29.6 Å². The van der Waals surface area contributed by atoms with Gasteiger partial charge in [0.25, 0.3) is 0 Å². The first-order valence-electron chi connectivity index (χ1n) is 13.4. The minimum atomic E-state index is -1.81. The number of aldehydes is 1. The average molecular weight is 479 g/mol. The number of carbonyl (C=O) groups excluding carboxylic acids is 1. The summed E-state index contributed by atoms with van der Waals surface area (Å²) in [5.41, 5.74) is 1.34. The van der Waals surface area contributed by atoms with Gasteiger partial charge in [-0.1, -0.05) is 66.2 Å². The molecule has 0 aromatic carbocycles. The van der Waals surface area contributed by atoms with Crippen LogP contribution in [0.3, 0.4) is 0 Å². The van der Waals surface area contributed by atoms with Crippen LogP contribution in [0.4, 0.5) is 0 Å². The van der Waals surface area contributed by atoms with Gasteiger partial charge < -0.3 is 13.6 Å². The number of hydrogen-bond donors (Lipinski definition) is 0. The maximum atomic E-state index is 12.6. The first-order chi connectivity index (χ1) is 15.3. The highest BCUT2D eigenvalue weighted by atomic mass is 28.4. The molecule has 1 fully saturated rings. The fourth-order valence-corrected chi connectivity index (χ4v) is 12.6. The van der Waals surface area contributed by atoms with Crippen LogP contribution in [0.15, 0.2) is 24.3 Å². The molecule has 0 saturated heterocycles. The highest BCUT2D eigenvalue weighted by Crippen LogP contribution is 2.53. The van der Waals surface area contributed by atoms with Crippen molar-refractivity contribution in [3.05, 3.63) is 24.3 Å². The van der Waals surface area contributed by atoms with E-state index in [4.69, 9.17) is 8.85 Å². The molecular weight excluding hydrogens is 428 g/mol. The quantitative estimate of drug-likeness (QED) is 0.155. The normalized spacial score (nSPS) is 33.0. The summed E-state index contributed by atoms with van der Waals surface area (Å²) in [5, 5.41) is 0. The summed E-state index contributed by atoms with van der Waals surface area (Å²) in [6.45, 7) is 22.4. The first kappa shape index (κ1) is 27.7. The first-order valence-corrected chi connectivity index (χ1v) is 18.4. The Morgan fingerprint density at radius 3 is 1.78 bits per heavy atom. The van der Waals surface area contributed by atoms with Crippen molar-refractivity contribution >= 4 is 22.9 Å². The van der Waals surface area contributed by atoms with Crippen LogP contribution in [0.25, 0.3) is 0 Å². The second-order valence-electron chi connectivity index (χ2n) is 10.4. The third-order valence-electron chi connectivity index (χ3n) is 9.40. The van der Waals surface area contributed by atoms with Gasteiger partial charge in [0, 0.05) is 23.7 Å². The molecule has 0 heterocycles. The molecule has 0 aromatic rings. The van der Waals surface area contributed by atoms with E-state index in [0.717, 1.165) is 42.7 Å². The van der Waals surface area contributed by atoms with E-state index in [2.05, 4.69) is 68.0 Å².